The lowest BCUT2D eigenvalue weighted by Gasteiger charge is -2.37. The van der Waals surface area contributed by atoms with E-state index in [1.807, 2.05) is 14.0 Å². The van der Waals surface area contributed by atoms with E-state index in [4.69, 9.17) is 0 Å². The zero-order valence-electron chi connectivity index (χ0n) is 13.7. The van der Waals surface area contributed by atoms with Gasteiger partial charge < -0.3 is 15.0 Å². The summed E-state index contributed by atoms with van der Waals surface area (Å²) in [6.45, 7) is 2.47. The number of nitrogens with zero attached hydrogens (tertiary/aromatic N) is 1. The Kier molecular flexibility index (Phi) is 5.69. The minimum atomic E-state index is -0.854. The van der Waals surface area contributed by atoms with Gasteiger partial charge in [-0.15, -0.1) is 12.4 Å². The van der Waals surface area contributed by atoms with Gasteiger partial charge in [-0.2, -0.15) is 0 Å². The van der Waals surface area contributed by atoms with Gasteiger partial charge in [-0.05, 0) is 49.9 Å². The molecule has 0 radical (unpaired) electrons. The number of allylic oxidation sites excluding steroid dienone is 3. The Morgan fingerprint density at radius 3 is 2.78 bits per heavy atom. The first kappa shape index (κ1) is 17.8. The van der Waals surface area contributed by atoms with Gasteiger partial charge in [-0.1, -0.05) is 36.4 Å². The van der Waals surface area contributed by atoms with E-state index in [0.717, 1.165) is 12.8 Å². The monoisotopic (exact) mass is 332 g/mol. The summed E-state index contributed by atoms with van der Waals surface area (Å²) >= 11 is 0. The maximum absolute atomic E-state index is 11.1. The molecule has 1 aliphatic rings. The molecule has 23 heavy (non-hydrogen) atoms. The molecule has 2 atom stereocenters. The lowest BCUT2D eigenvalue weighted by molar-refractivity contribution is 0.0212. The molecule has 1 unspecified atom stereocenters. The Morgan fingerprint density at radius 2 is 2.09 bits per heavy atom. The highest BCUT2D eigenvalue weighted by molar-refractivity contribution is 5.85. The van der Waals surface area contributed by atoms with E-state index >= 15 is 0 Å². The first-order chi connectivity index (χ1) is 10.6. The molecule has 0 amide bonds. The molecule has 3 rings (SSSR count). The van der Waals surface area contributed by atoms with Gasteiger partial charge in [0.2, 0.25) is 0 Å². The highest BCUT2D eigenvalue weighted by Gasteiger charge is 2.35. The molecule has 1 aromatic carbocycles. The third kappa shape index (κ3) is 3.52. The van der Waals surface area contributed by atoms with Crippen LogP contribution in [0.15, 0.2) is 60.3 Å². The number of aliphatic hydroxyl groups is 1. The van der Waals surface area contributed by atoms with Gasteiger partial charge in [-0.25, -0.2) is 0 Å². The van der Waals surface area contributed by atoms with Crippen LogP contribution in [-0.4, -0.2) is 28.9 Å². The smallest absolute Gasteiger partial charge is 0.0987 e. The van der Waals surface area contributed by atoms with Crippen molar-refractivity contribution in [3.8, 4) is 0 Å². The Bertz CT molecular complexity index is 715. The summed E-state index contributed by atoms with van der Waals surface area (Å²) in [5.74, 6) is 0. The third-order valence-corrected chi connectivity index (χ3v) is 4.43. The van der Waals surface area contributed by atoms with Crippen LogP contribution in [0.25, 0.3) is 10.9 Å². The highest BCUT2D eigenvalue weighted by atomic mass is 35.5. The molecule has 0 bridgehead atoms. The van der Waals surface area contributed by atoms with Crippen molar-refractivity contribution >= 4 is 23.3 Å². The molecule has 1 aromatic heterocycles. The van der Waals surface area contributed by atoms with E-state index in [1.54, 1.807) is 0 Å². The van der Waals surface area contributed by atoms with Crippen LogP contribution in [0, 0.1) is 0 Å². The van der Waals surface area contributed by atoms with Crippen LogP contribution in [0.1, 0.15) is 25.8 Å². The van der Waals surface area contributed by atoms with E-state index in [2.05, 4.69) is 64.6 Å². The van der Waals surface area contributed by atoms with E-state index in [-0.39, 0.29) is 18.4 Å². The van der Waals surface area contributed by atoms with Gasteiger partial charge in [0, 0.05) is 18.3 Å². The van der Waals surface area contributed by atoms with Gasteiger partial charge in [0.15, 0.2) is 0 Å². The molecule has 1 aliphatic carbocycles. The molecule has 0 saturated carbocycles. The predicted molar refractivity (Wildman–Crippen MR) is 99.2 cm³/mol. The molecule has 2 N–H and O–H groups in total. The molecule has 0 aliphatic heterocycles. The van der Waals surface area contributed by atoms with Crippen molar-refractivity contribution in [3.05, 3.63) is 60.3 Å². The quantitative estimate of drug-likeness (QED) is 0.872. The number of hydrogen-bond acceptors (Lipinski definition) is 2. The fraction of sp³-hybridized carbons (Fsp3) is 0.368. The number of para-hydroxylation sites is 1. The van der Waals surface area contributed by atoms with E-state index in [0.29, 0.717) is 6.54 Å². The molecule has 3 nitrogen and oxygen atoms in total. The van der Waals surface area contributed by atoms with Crippen LogP contribution < -0.4 is 5.32 Å². The fourth-order valence-electron chi connectivity index (χ4n) is 3.51. The Hall–Kier alpha value is -1.55. The second kappa shape index (κ2) is 7.35. The first-order valence-electron chi connectivity index (χ1n) is 7.91. The van der Waals surface area contributed by atoms with Gasteiger partial charge >= 0.3 is 0 Å². The van der Waals surface area contributed by atoms with Gasteiger partial charge in [-0.3, -0.25) is 0 Å². The van der Waals surface area contributed by atoms with Crippen molar-refractivity contribution in [2.45, 2.75) is 31.4 Å². The normalized spacial score (nSPS) is 18.1. The number of hydrogen-bond donors (Lipinski definition) is 2. The van der Waals surface area contributed by atoms with Crippen molar-refractivity contribution in [1.82, 2.24) is 9.88 Å². The van der Waals surface area contributed by atoms with E-state index < -0.39 is 5.60 Å². The minimum Gasteiger partial charge on any atom is -0.386 e. The lowest BCUT2D eigenvalue weighted by Crippen LogP contribution is -2.45. The van der Waals surface area contributed by atoms with E-state index in [9.17, 15) is 5.11 Å². The second-order valence-corrected chi connectivity index (χ2v) is 6.28. The first-order valence-corrected chi connectivity index (χ1v) is 7.91. The number of rotatable bonds is 5. The van der Waals surface area contributed by atoms with Crippen LogP contribution in [0.3, 0.4) is 0 Å². The fourth-order valence-corrected chi connectivity index (χ4v) is 3.51. The van der Waals surface area contributed by atoms with Crippen molar-refractivity contribution in [1.29, 1.82) is 0 Å². The molecule has 4 heteroatoms. The van der Waals surface area contributed by atoms with Gasteiger partial charge in [0.25, 0.3) is 0 Å². The van der Waals surface area contributed by atoms with Gasteiger partial charge in [0.05, 0.1) is 11.6 Å². The summed E-state index contributed by atoms with van der Waals surface area (Å²) in [5, 5.41) is 15.4. The molecular weight excluding hydrogens is 308 g/mol. The average Bonchev–Trinajstić information content (AvgIpc) is 2.92. The summed E-state index contributed by atoms with van der Waals surface area (Å²) in [7, 11) is 1.88. The Labute approximate surface area is 144 Å². The summed E-state index contributed by atoms with van der Waals surface area (Å²) in [6, 6.07) is 10.4. The Morgan fingerprint density at radius 1 is 1.30 bits per heavy atom. The molecule has 0 saturated heterocycles. The average molecular weight is 333 g/mol. The van der Waals surface area contributed by atoms with Crippen LogP contribution in [-0.2, 0) is 0 Å². The summed E-state index contributed by atoms with van der Waals surface area (Å²) in [4.78, 5) is 0. The van der Waals surface area contributed by atoms with Gasteiger partial charge in [0.1, 0.15) is 0 Å². The summed E-state index contributed by atoms with van der Waals surface area (Å²) in [6.07, 6.45) is 10.6. The van der Waals surface area contributed by atoms with Crippen LogP contribution in [0.2, 0.25) is 0 Å². The summed E-state index contributed by atoms with van der Waals surface area (Å²) < 4.78 is 2.22. The zero-order valence-corrected chi connectivity index (χ0v) is 14.5. The minimum absolute atomic E-state index is 0. The van der Waals surface area contributed by atoms with Crippen molar-refractivity contribution in [3.63, 3.8) is 0 Å². The van der Waals surface area contributed by atoms with Crippen molar-refractivity contribution in [2.24, 2.45) is 0 Å². The number of benzene rings is 1. The largest absolute Gasteiger partial charge is 0.386 e. The maximum Gasteiger partial charge on any atom is 0.0987 e. The number of fused-ring (bicyclic) bond motifs is 1. The standard InChI is InChI=1S/C19H24N2O.ClH/c1-19(22,14-20-2)18(16-9-4-3-5-10-16)21-13-12-15-8-6-7-11-17(15)21;/h3-4,6-9,11-13,18,20,22H,5,10,14H2,1-2H3;1H/t18-,19?;/m0./s1. The van der Waals surface area contributed by atoms with Crippen LogP contribution in [0.5, 0.6) is 0 Å². The topological polar surface area (TPSA) is 37.2 Å². The lowest BCUT2D eigenvalue weighted by atomic mass is 9.85. The molecule has 0 fully saturated rings. The predicted octanol–water partition coefficient (Wildman–Crippen LogP) is 3.85. The molecule has 124 valence electrons. The Balaban J connectivity index is 0.00000192. The van der Waals surface area contributed by atoms with Crippen LogP contribution >= 0.6 is 12.4 Å². The molecule has 1 heterocycles. The number of halogens is 1. The molecule has 0 spiro atoms. The summed E-state index contributed by atoms with van der Waals surface area (Å²) in [5.41, 5.74) is 1.59. The van der Waals surface area contributed by atoms with Crippen LogP contribution in [0.4, 0.5) is 0 Å². The molecule has 2 aromatic rings. The zero-order chi connectivity index (χ0) is 15.6. The number of nitrogens with one attached hydrogen (secondary N) is 1. The second-order valence-electron chi connectivity index (χ2n) is 6.28. The van der Waals surface area contributed by atoms with Crippen molar-refractivity contribution in [2.75, 3.05) is 13.6 Å². The number of likely N-dealkylation sites (N-methyl/N-ethyl adjacent to an activating group) is 1. The molecular formula is C19H25ClN2O. The van der Waals surface area contributed by atoms with E-state index in [1.165, 1.54) is 16.5 Å². The maximum atomic E-state index is 11.1. The highest BCUT2D eigenvalue weighted by Crippen LogP contribution is 2.36. The number of aromatic nitrogens is 1. The van der Waals surface area contributed by atoms with Crippen molar-refractivity contribution < 1.29 is 5.11 Å². The SMILES string of the molecule is CNCC(C)(O)[C@H](C1=CC=CCC1)n1ccc2ccccc21.Cl. The third-order valence-electron chi connectivity index (χ3n) is 4.43.